The molecule has 0 saturated heterocycles. The number of nitrogens with one attached hydrogen (secondary N) is 2. The van der Waals surface area contributed by atoms with Gasteiger partial charge in [-0.05, 0) is 42.7 Å². The summed E-state index contributed by atoms with van der Waals surface area (Å²) >= 11 is 0. The lowest BCUT2D eigenvalue weighted by molar-refractivity contribution is -0.274. The molecular weight excluding hydrogens is 387 g/mol. The fourth-order valence-electron chi connectivity index (χ4n) is 2.79. The number of amides is 2. The summed E-state index contributed by atoms with van der Waals surface area (Å²) in [6.07, 6.45) is -1.99. The molecule has 154 valence electrons. The summed E-state index contributed by atoms with van der Waals surface area (Å²) in [4.78, 5) is 28.5. The second-order valence-electron chi connectivity index (χ2n) is 7.18. The molecule has 2 aromatic rings. The molecule has 1 aliphatic carbocycles. The molecule has 9 heteroatoms. The Morgan fingerprint density at radius 2 is 1.79 bits per heavy atom. The highest BCUT2D eigenvalue weighted by atomic mass is 19.4. The lowest BCUT2D eigenvalue weighted by Crippen LogP contribution is -2.35. The molecule has 2 amide bonds. The number of rotatable bonds is 6. The summed E-state index contributed by atoms with van der Waals surface area (Å²) in [5, 5.41) is 5.56. The minimum absolute atomic E-state index is 0.213. The predicted molar refractivity (Wildman–Crippen MR) is 99.2 cm³/mol. The number of hydrogen-bond donors (Lipinski definition) is 2. The van der Waals surface area contributed by atoms with Gasteiger partial charge in [-0.3, -0.25) is 9.59 Å². The van der Waals surface area contributed by atoms with Crippen molar-refractivity contribution in [1.29, 1.82) is 0 Å². The van der Waals surface area contributed by atoms with E-state index in [0.29, 0.717) is 24.0 Å². The van der Waals surface area contributed by atoms with E-state index in [0.717, 1.165) is 0 Å². The van der Waals surface area contributed by atoms with E-state index in [1.807, 2.05) is 0 Å². The van der Waals surface area contributed by atoms with E-state index in [1.165, 1.54) is 42.6 Å². The minimum atomic E-state index is -4.75. The van der Waals surface area contributed by atoms with Gasteiger partial charge in [-0.25, -0.2) is 4.98 Å². The number of hydrogen-bond acceptors (Lipinski definition) is 4. The van der Waals surface area contributed by atoms with E-state index in [2.05, 4.69) is 20.4 Å². The third-order valence-corrected chi connectivity index (χ3v) is 4.54. The van der Waals surface area contributed by atoms with Gasteiger partial charge in [0.2, 0.25) is 5.91 Å². The van der Waals surface area contributed by atoms with Crippen LogP contribution >= 0.6 is 0 Å². The lowest BCUT2D eigenvalue weighted by atomic mass is 10.0. The summed E-state index contributed by atoms with van der Waals surface area (Å²) in [5.74, 6) is -0.846. The van der Waals surface area contributed by atoms with Gasteiger partial charge in [-0.2, -0.15) is 0 Å². The highest BCUT2D eigenvalue weighted by Crippen LogP contribution is 2.46. The average molecular weight is 407 g/mol. The topological polar surface area (TPSA) is 80.3 Å². The normalized spacial score (nSPS) is 15.0. The third kappa shape index (κ3) is 5.24. The van der Waals surface area contributed by atoms with Crippen molar-refractivity contribution >= 4 is 17.6 Å². The van der Waals surface area contributed by atoms with Gasteiger partial charge in [0, 0.05) is 17.7 Å². The molecule has 3 rings (SSSR count). The Morgan fingerprint density at radius 3 is 2.34 bits per heavy atom. The van der Waals surface area contributed by atoms with E-state index in [1.54, 1.807) is 13.8 Å². The van der Waals surface area contributed by atoms with E-state index in [-0.39, 0.29) is 29.3 Å². The first kappa shape index (κ1) is 20.6. The van der Waals surface area contributed by atoms with Crippen LogP contribution in [0.3, 0.4) is 0 Å². The lowest BCUT2D eigenvalue weighted by Gasteiger charge is -2.19. The second-order valence-corrected chi connectivity index (χ2v) is 7.18. The van der Waals surface area contributed by atoms with Crippen molar-refractivity contribution in [2.45, 2.75) is 38.6 Å². The van der Waals surface area contributed by atoms with Crippen LogP contribution in [0.1, 0.15) is 42.6 Å². The van der Waals surface area contributed by atoms with Crippen LogP contribution in [-0.2, 0) is 10.3 Å². The molecule has 1 aromatic heterocycles. The van der Waals surface area contributed by atoms with Crippen molar-refractivity contribution < 1.29 is 27.5 Å². The number of carbonyl (C=O) groups is 2. The van der Waals surface area contributed by atoms with Gasteiger partial charge in [0.05, 0.1) is 5.54 Å². The molecule has 29 heavy (non-hydrogen) atoms. The maximum absolute atomic E-state index is 12.7. The largest absolute Gasteiger partial charge is 0.573 e. The van der Waals surface area contributed by atoms with Crippen molar-refractivity contribution in [3.63, 3.8) is 0 Å². The van der Waals surface area contributed by atoms with Gasteiger partial charge in [0.15, 0.2) is 0 Å². The molecule has 0 atom stereocenters. The van der Waals surface area contributed by atoms with E-state index >= 15 is 0 Å². The molecule has 0 bridgehead atoms. The highest BCUT2D eigenvalue weighted by Gasteiger charge is 2.46. The molecule has 2 N–H and O–H groups in total. The second kappa shape index (κ2) is 7.73. The van der Waals surface area contributed by atoms with Gasteiger partial charge < -0.3 is 15.4 Å². The molecule has 1 heterocycles. The molecule has 0 spiro atoms. The van der Waals surface area contributed by atoms with Crippen LogP contribution in [0.15, 0.2) is 42.6 Å². The zero-order valence-electron chi connectivity index (χ0n) is 15.8. The Balaban J connectivity index is 1.70. The number of nitrogens with zero attached hydrogens (tertiary/aromatic N) is 1. The van der Waals surface area contributed by atoms with Crippen molar-refractivity contribution in [1.82, 2.24) is 10.3 Å². The van der Waals surface area contributed by atoms with E-state index in [4.69, 9.17) is 0 Å². The van der Waals surface area contributed by atoms with Gasteiger partial charge >= 0.3 is 6.36 Å². The van der Waals surface area contributed by atoms with Crippen LogP contribution in [-0.4, -0.2) is 23.2 Å². The molecule has 1 saturated carbocycles. The van der Waals surface area contributed by atoms with Gasteiger partial charge in [-0.1, -0.05) is 26.0 Å². The fourth-order valence-corrected chi connectivity index (χ4v) is 2.79. The number of benzene rings is 1. The molecule has 1 fully saturated rings. The molecule has 0 radical (unpaired) electrons. The fraction of sp³-hybridized carbons (Fsp3) is 0.350. The summed E-state index contributed by atoms with van der Waals surface area (Å²) < 4.78 is 40.8. The Labute approximate surface area is 165 Å². The maximum atomic E-state index is 12.7. The average Bonchev–Trinajstić information content (AvgIpc) is 3.41. The van der Waals surface area contributed by atoms with Gasteiger partial charge in [-0.15, -0.1) is 13.2 Å². The number of pyridine rings is 1. The van der Waals surface area contributed by atoms with Crippen LogP contribution < -0.4 is 15.4 Å². The molecule has 1 aliphatic rings. The zero-order valence-corrected chi connectivity index (χ0v) is 15.8. The third-order valence-electron chi connectivity index (χ3n) is 4.54. The van der Waals surface area contributed by atoms with Crippen molar-refractivity contribution in [3.8, 4) is 5.75 Å². The first-order valence-corrected chi connectivity index (χ1v) is 9.04. The summed E-state index contributed by atoms with van der Waals surface area (Å²) in [6, 6.07) is 8.47. The van der Waals surface area contributed by atoms with Crippen molar-refractivity contribution in [3.05, 3.63) is 53.7 Å². The van der Waals surface area contributed by atoms with Crippen molar-refractivity contribution in [2.75, 3.05) is 5.32 Å². The number of halogens is 3. The standard InChI is InChI=1S/C20H20F3N3O3/c1-12(2)17(27)25-16-11-13(7-10-24-16)18(28)26-19(8-9-19)14-3-5-15(6-4-14)29-20(21,22)23/h3-7,10-12H,8-9H2,1-2H3,(H,26,28)(H,24,25,27). The molecule has 1 aromatic carbocycles. The molecule has 0 aliphatic heterocycles. The Morgan fingerprint density at radius 1 is 1.14 bits per heavy atom. The highest BCUT2D eigenvalue weighted by molar-refractivity contribution is 5.97. The molecule has 6 nitrogen and oxygen atoms in total. The first-order chi connectivity index (χ1) is 13.6. The van der Waals surface area contributed by atoms with Gasteiger partial charge in [0.25, 0.3) is 5.91 Å². The minimum Gasteiger partial charge on any atom is -0.406 e. The summed E-state index contributed by atoms with van der Waals surface area (Å²) in [6.45, 7) is 3.49. The van der Waals surface area contributed by atoms with E-state index < -0.39 is 11.9 Å². The predicted octanol–water partition coefficient (Wildman–Crippen LogP) is 3.99. The Bertz CT molecular complexity index is 907. The van der Waals surface area contributed by atoms with Gasteiger partial charge in [0.1, 0.15) is 11.6 Å². The summed E-state index contributed by atoms with van der Waals surface area (Å²) in [7, 11) is 0. The van der Waals surface area contributed by atoms with Crippen molar-refractivity contribution in [2.24, 2.45) is 5.92 Å². The number of aromatic nitrogens is 1. The number of alkyl halides is 3. The number of anilines is 1. The Kier molecular flexibility index (Phi) is 5.50. The van der Waals surface area contributed by atoms with E-state index in [9.17, 15) is 22.8 Å². The van der Waals surface area contributed by atoms with Crippen LogP contribution in [0.4, 0.5) is 19.0 Å². The Hall–Kier alpha value is -3.10. The maximum Gasteiger partial charge on any atom is 0.573 e. The van der Waals surface area contributed by atoms with Crippen LogP contribution in [0, 0.1) is 5.92 Å². The van der Waals surface area contributed by atoms with Crippen LogP contribution in [0.5, 0.6) is 5.75 Å². The smallest absolute Gasteiger partial charge is 0.406 e. The first-order valence-electron chi connectivity index (χ1n) is 9.04. The summed E-state index contributed by atoms with van der Waals surface area (Å²) in [5.41, 5.74) is 0.392. The zero-order chi connectivity index (χ0) is 21.2. The SMILES string of the molecule is CC(C)C(=O)Nc1cc(C(=O)NC2(c3ccc(OC(F)(F)F)cc3)CC2)ccn1. The van der Waals surface area contributed by atoms with Crippen LogP contribution in [0.25, 0.3) is 0 Å². The van der Waals surface area contributed by atoms with Crippen LogP contribution in [0.2, 0.25) is 0 Å². The molecule has 0 unspecified atom stereocenters. The quantitative estimate of drug-likeness (QED) is 0.759. The number of ether oxygens (including phenoxy) is 1. The monoisotopic (exact) mass is 407 g/mol. The molecular formula is C20H20F3N3O3. The number of carbonyl (C=O) groups excluding carboxylic acids is 2.